The molecule has 0 saturated heterocycles. The predicted molar refractivity (Wildman–Crippen MR) is 101 cm³/mol. The Balaban J connectivity index is 1.79. The van der Waals surface area contributed by atoms with E-state index >= 15 is 0 Å². The molecule has 7 nitrogen and oxygen atoms in total. The lowest BCUT2D eigenvalue weighted by molar-refractivity contribution is 0.0994. The molecule has 0 radical (unpaired) electrons. The lowest BCUT2D eigenvalue weighted by Gasteiger charge is -2.10. The first-order chi connectivity index (χ1) is 12.8. The third kappa shape index (κ3) is 4.42. The molecule has 3 rings (SSSR count). The van der Waals surface area contributed by atoms with Gasteiger partial charge in [0.25, 0.3) is 11.8 Å². The lowest BCUT2D eigenvalue weighted by atomic mass is 10.2. The molecule has 0 fully saturated rings. The molecule has 0 spiro atoms. The van der Waals surface area contributed by atoms with Crippen LogP contribution in [0.3, 0.4) is 0 Å². The fraction of sp³-hybridized carbons (Fsp3) is 0.0526. The Kier molecular flexibility index (Phi) is 5.09. The number of anilines is 2. The van der Waals surface area contributed by atoms with Crippen LogP contribution in [0.1, 0.15) is 20.9 Å². The van der Waals surface area contributed by atoms with Gasteiger partial charge in [0.05, 0.1) is 16.7 Å². The average Bonchev–Trinajstić information content (AvgIpc) is 3.16. The van der Waals surface area contributed by atoms with E-state index in [0.717, 1.165) is 6.26 Å². The van der Waals surface area contributed by atoms with Gasteiger partial charge in [0, 0.05) is 17.6 Å². The number of carbonyl (C=O) groups is 2. The van der Waals surface area contributed by atoms with Crippen molar-refractivity contribution in [1.82, 2.24) is 0 Å². The Morgan fingerprint density at radius 2 is 1.52 bits per heavy atom. The lowest BCUT2D eigenvalue weighted by Crippen LogP contribution is -2.16. The van der Waals surface area contributed by atoms with Crippen LogP contribution in [0, 0.1) is 0 Å². The number of hydrogen-bond donors (Lipinski definition) is 2. The summed E-state index contributed by atoms with van der Waals surface area (Å²) in [7, 11) is -3.55. The minimum absolute atomic E-state index is 0.0463. The van der Waals surface area contributed by atoms with E-state index in [1.165, 1.54) is 24.5 Å². The second kappa shape index (κ2) is 7.46. The Bertz CT molecular complexity index is 1090. The molecular weight excluding hydrogens is 368 g/mol. The summed E-state index contributed by atoms with van der Waals surface area (Å²) in [5.74, 6) is -0.831. The average molecular weight is 384 g/mol. The van der Waals surface area contributed by atoms with Crippen LogP contribution in [-0.4, -0.2) is 26.5 Å². The molecule has 1 heterocycles. The monoisotopic (exact) mass is 384 g/mol. The van der Waals surface area contributed by atoms with E-state index in [0.29, 0.717) is 11.4 Å². The number of hydrogen-bond acceptors (Lipinski definition) is 5. The third-order valence-electron chi connectivity index (χ3n) is 3.65. The highest BCUT2D eigenvalue weighted by Crippen LogP contribution is 2.20. The van der Waals surface area contributed by atoms with Crippen molar-refractivity contribution in [3.05, 3.63) is 78.3 Å². The van der Waals surface area contributed by atoms with Gasteiger partial charge < -0.3 is 15.1 Å². The molecule has 0 atom stereocenters. The van der Waals surface area contributed by atoms with Crippen LogP contribution in [0.2, 0.25) is 0 Å². The number of amides is 2. The van der Waals surface area contributed by atoms with E-state index in [1.54, 1.807) is 42.5 Å². The molecule has 0 unspecified atom stereocenters. The van der Waals surface area contributed by atoms with Crippen LogP contribution in [0.5, 0.6) is 0 Å². The Morgan fingerprint density at radius 1 is 0.852 bits per heavy atom. The topological polar surface area (TPSA) is 105 Å². The minimum Gasteiger partial charge on any atom is -0.459 e. The zero-order valence-corrected chi connectivity index (χ0v) is 15.1. The third-order valence-corrected chi connectivity index (χ3v) is 4.81. The summed E-state index contributed by atoms with van der Waals surface area (Å²) < 4.78 is 28.8. The molecule has 0 aliphatic rings. The van der Waals surface area contributed by atoms with Crippen molar-refractivity contribution in [2.24, 2.45) is 0 Å². The van der Waals surface area contributed by atoms with Gasteiger partial charge in [-0.2, -0.15) is 0 Å². The highest BCUT2D eigenvalue weighted by molar-refractivity contribution is 7.90. The van der Waals surface area contributed by atoms with E-state index in [9.17, 15) is 18.0 Å². The second-order valence-electron chi connectivity index (χ2n) is 5.73. The quantitative estimate of drug-likeness (QED) is 0.703. The van der Waals surface area contributed by atoms with Crippen molar-refractivity contribution >= 4 is 33.0 Å². The van der Waals surface area contributed by atoms with Crippen LogP contribution in [0.15, 0.2) is 76.2 Å². The molecule has 2 amide bonds. The fourth-order valence-electron chi connectivity index (χ4n) is 2.45. The number of benzene rings is 2. The number of rotatable bonds is 5. The highest BCUT2D eigenvalue weighted by Gasteiger charge is 2.18. The van der Waals surface area contributed by atoms with Gasteiger partial charge in [0.1, 0.15) is 0 Å². The predicted octanol–water partition coefficient (Wildman–Crippen LogP) is 3.19. The van der Waals surface area contributed by atoms with Gasteiger partial charge in [-0.1, -0.05) is 18.2 Å². The Morgan fingerprint density at radius 3 is 2.15 bits per heavy atom. The van der Waals surface area contributed by atoms with Gasteiger partial charge >= 0.3 is 0 Å². The van der Waals surface area contributed by atoms with Crippen LogP contribution in [0.25, 0.3) is 0 Å². The van der Waals surface area contributed by atoms with Crippen LogP contribution in [-0.2, 0) is 9.84 Å². The number of nitrogens with one attached hydrogen (secondary N) is 2. The number of furan rings is 1. The molecule has 8 heteroatoms. The van der Waals surface area contributed by atoms with Crippen LogP contribution in [0.4, 0.5) is 11.4 Å². The van der Waals surface area contributed by atoms with E-state index in [4.69, 9.17) is 4.42 Å². The van der Waals surface area contributed by atoms with Gasteiger partial charge in [-0.25, -0.2) is 8.42 Å². The summed E-state index contributed by atoms with van der Waals surface area (Å²) in [5.41, 5.74) is 0.899. The first kappa shape index (κ1) is 18.4. The largest absolute Gasteiger partial charge is 0.459 e. The fourth-order valence-corrected chi connectivity index (χ4v) is 3.34. The SMILES string of the molecule is CS(=O)(=O)c1ccccc1C(=O)Nc1cccc(NC(=O)c2ccco2)c1. The second-order valence-corrected chi connectivity index (χ2v) is 7.72. The molecular formula is C19H16N2O5S. The van der Waals surface area contributed by atoms with Crippen molar-refractivity contribution < 1.29 is 22.4 Å². The minimum atomic E-state index is -3.55. The van der Waals surface area contributed by atoms with Gasteiger partial charge in [0.15, 0.2) is 15.6 Å². The smallest absolute Gasteiger partial charge is 0.291 e. The van der Waals surface area contributed by atoms with Crippen LogP contribution < -0.4 is 10.6 Å². The summed E-state index contributed by atoms with van der Waals surface area (Å²) in [5, 5.41) is 5.29. The molecule has 0 bridgehead atoms. The van der Waals surface area contributed by atoms with E-state index in [1.807, 2.05) is 0 Å². The zero-order chi connectivity index (χ0) is 19.4. The molecule has 27 heavy (non-hydrogen) atoms. The Hall–Kier alpha value is -3.39. The molecule has 0 saturated carbocycles. The molecule has 3 aromatic rings. The summed E-state index contributed by atoms with van der Waals surface area (Å²) in [6.45, 7) is 0. The van der Waals surface area contributed by atoms with Crippen LogP contribution >= 0.6 is 0 Å². The maximum atomic E-state index is 12.5. The normalized spacial score (nSPS) is 11.0. The summed E-state index contributed by atoms with van der Waals surface area (Å²) in [6.07, 6.45) is 2.44. The maximum absolute atomic E-state index is 12.5. The standard InChI is InChI=1S/C19H16N2O5S/c1-27(24,25)17-10-3-2-8-15(17)18(22)20-13-6-4-7-14(12-13)21-19(23)16-9-5-11-26-16/h2-12H,1H3,(H,20,22)(H,21,23). The summed E-state index contributed by atoms with van der Waals surface area (Å²) >= 11 is 0. The molecule has 1 aromatic heterocycles. The number of carbonyl (C=O) groups excluding carboxylic acids is 2. The van der Waals surface area contributed by atoms with Crippen molar-refractivity contribution in [1.29, 1.82) is 0 Å². The number of sulfone groups is 1. The summed E-state index contributed by atoms with van der Waals surface area (Å²) in [6, 6.07) is 15.6. The molecule has 0 aliphatic heterocycles. The van der Waals surface area contributed by atoms with Crippen molar-refractivity contribution in [3.8, 4) is 0 Å². The maximum Gasteiger partial charge on any atom is 0.291 e. The first-order valence-corrected chi connectivity index (χ1v) is 9.79. The molecule has 138 valence electrons. The zero-order valence-electron chi connectivity index (χ0n) is 14.3. The molecule has 2 N–H and O–H groups in total. The van der Waals surface area contributed by atoms with Crippen molar-refractivity contribution in [2.45, 2.75) is 4.90 Å². The van der Waals surface area contributed by atoms with Crippen molar-refractivity contribution in [3.63, 3.8) is 0 Å². The van der Waals surface area contributed by atoms with E-state index < -0.39 is 21.7 Å². The van der Waals surface area contributed by atoms with Crippen molar-refractivity contribution in [2.75, 3.05) is 16.9 Å². The van der Waals surface area contributed by atoms with Gasteiger partial charge in [-0.3, -0.25) is 9.59 Å². The highest BCUT2D eigenvalue weighted by atomic mass is 32.2. The van der Waals surface area contributed by atoms with E-state index in [-0.39, 0.29) is 16.2 Å². The Labute approximate surface area is 155 Å². The molecule has 2 aromatic carbocycles. The van der Waals surface area contributed by atoms with Gasteiger partial charge in [-0.15, -0.1) is 0 Å². The van der Waals surface area contributed by atoms with Gasteiger partial charge in [0.2, 0.25) is 0 Å². The van der Waals surface area contributed by atoms with Gasteiger partial charge in [-0.05, 0) is 42.5 Å². The first-order valence-electron chi connectivity index (χ1n) is 7.90. The van der Waals surface area contributed by atoms with E-state index in [2.05, 4.69) is 10.6 Å². The summed E-state index contributed by atoms with van der Waals surface area (Å²) in [4.78, 5) is 24.5. The molecule has 0 aliphatic carbocycles.